The van der Waals surface area contributed by atoms with E-state index in [1.807, 2.05) is 31.3 Å². The van der Waals surface area contributed by atoms with E-state index in [9.17, 15) is 9.59 Å². The molecule has 6 heteroatoms. The Balaban J connectivity index is 2.07. The highest BCUT2D eigenvalue weighted by Crippen LogP contribution is 2.28. The first-order chi connectivity index (χ1) is 9.06. The number of aromatic nitrogens is 1. The maximum absolute atomic E-state index is 11.9. The summed E-state index contributed by atoms with van der Waals surface area (Å²) < 4.78 is 1.74. The molecule has 0 spiro atoms. The molecule has 98 valence electrons. The number of urea groups is 1. The second kappa shape index (κ2) is 4.31. The number of carbonyl (C=O) groups excluding carboxylic acids is 2. The molecule has 2 heterocycles. The fourth-order valence-corrected chi connectivity index (χ4v) is 2.59. The number of anilines is 1. The zero-order valence-corrected chi connectivity index (χ0v) is 11.3. The fraction of sp³-hybridized carbons (Fsp3) is 0.231. The van der Waals surface area contributed by atoms with Crippen LogP contribution in [-0.4, -0.2) is 22.5 Å². The van der Waals surface area contributed by atoms with Crippen LogP contribution in [0.25, 0.3) is 10.9 Å². The van der Waals surface area contributed by atoms with Crippen LogP contribution >= 0.6 is 12.8 Å². The van der Waals surface area contributed by atoms with E-state index in [-0.39, 0.29) is 11.9 Å². The van der Waals surface area contributed by atoms with Gasteiger partial charge in [-0.2, -0.15) is 0 Å². The highest BCUT2D eigenvalue weighted by molar-refractivity contribution is 7.78. The minimum Gasteiger partial charge on any atom is -0.294 e. The summed E-state index contributed by atoms with van der Waals surface area (Å²) in [7, 11) is 0. The number of nitrogens with one attached hydrogen (secondary N) is 1. The number of fused-ring (bicyclic) bond motifs is 1. The predicted molar refractivity (Wildman–Crippen MR) is 76.6 cm³/mol. The molecule has 19 heavy (non-hydrogen) atoms. The number of thiol groups is 1. The van der Waals surface area contributed by atoms with Gasteiger partial charge in [0.1, 0.15) is 0 Å². The van der Waals surface area contributed by atoms with E-state index in [4.69, 9.17) is 0 Å². The molecule has 0 saturated carbocycles. The third kappa shape index (κ3) is 1.98. The second-order valence-electron chi connectivity index (χ2n) is 4.61. The van der Waals surface area contributed by atoms with Crippen molar-refractivity contribution in [3.63, 3.8) is 0 Å². The van der Waals surface area contributed by atoms with Crippen LogP contribution in [0.5, 0.6) is 0 Å². The largest absolute Gasteiger partial charge is 0.328 e. The Morgan fingerprint density at radius 3 is 2.84 bits per heavy atom. The molecule has 1 aromatic carbocycles. The van der Waals surface area contributed by atoms with Crippen LogP contribution in [0.15, 0.2) is 24.4 Å². The average molecular weight is 275 g/mol. The van der Waals surface area contributed by atoms with Gasteiger partial charge in [-0.1, -0.05) is 12.8 Å². The molecule has 1 aromatic heterocycles. The number of benzene rings is 1. The van der Waals surface area contributed by atoms with Crippen LogP contribution in [0.1, 0.15) is 12.0 Å². The van der Waals surface area contributed by atoms with E-state index >= 15 is 0 Å². The summed E-state index contributed by atoms with van der Waals surface area (Å²) in [5.41, 5.74) is 2.81. The van der Waals surface area contributed by atoms with Crippen molar-refractivity contribution in [1.82, 2.24) is 9.29 Å². The highest BCUT2D eigenvalue weighted by atomic mass is 32.1. The van der Waals surface area contributed by atoms with Crippen molar-refractivity contribution in [3.05, 3.63) is 30.0 Å². The van der Waals surface area contributed by atoms with Crippen LogP contribution in [0.2, 0.25) is 0 Å². The first-order valence-electron chi connectivity index (χ1n) is 5.98. The van der Waals surface area contributed by atoms with Gasteiger partial charge in [0.2, 0.25) is 5.91 Å². The smallest absolute Gasteiger partial charge is 0.294 e. The normalized spacial score (nSPS) is 16.0. The van der Waals surface area contributed by atoms with Crippen LogP contribution in [0, 0.1) is 6.92 Å². The molecular formula is C13H13N3O2S. The van der Waals surface area contributed by atoms with Gasteiger partial charge >= 0.3 is 6.03 Å². The fourth-order valence-electron chi connectivity index (χ4n) is 2.35. The number of aryl methyl sites for hydroxylation is 1. The molecule has 1 fully saturated rings. The molecule has 1 aliphatic rings. The molecule has 2 aromatic rings. The van der Waals surface area contributed by atoms with Gasteiger partial charge in [-0.05, 0) is 30.7 Å². The van der Waals surface area contributed by atoms with Gasteiger partial charge < -0.3 is 0 Å². The van der Waals surface area contributed by atoms with Crippen LogP contribution < -0.4 is 10.2 Å². The van der Waals surface area contributed by atoms with Crippen molar-refractivity contribution in [2.75, 3.05) is 11.4 Å². The van der Waals surface area contributed by atoms with Crippen molar-refractivity contribution in [3.8, 4) is 0 Å². The zero-order chi connectivity index (χ0) is 13.6. The molecule has 3 rings (SSSR count). The zero-order valence-electron chi connectivity index (χ0n) is 10.4. The number of imide groups is 1. The molecule has 1 N–H and O–H groups in total. The minimum absolute atomic E-state index is 0.221. The summed E-state index contributed by atoms with van der Waals surface area (Å²) in [6.45, 7) is 2.36. The lowest BCUT2D eigenvalue weighted by molar-refractivity contribution is -0.120. The molecule has 5 nitrogen and oxygen atoms in total. The second-order valence-corrected chi connectivity index (χ2v) is 5.04. The number of amides is 3. The van der Waals surface area contributed by atoms with E-state index in [0.29, 0.717) is 13.0 Å². The van der Waals surface area contributed by atoms with Crippen molar-refractivity contribution in [2.24, 2.45) is 0 Å². The van der Waals surface area contributed by atoms with Gasteiger partial charge in [0.25, 0.3) is 0 Å². The Hall–Kier alpha value is -1.95. The first-order valence-corrected chi connectivity index (χ1v) is 6.38. The molecule has 0 radical (unpaired) electrons. The Kier molecular flexibility index (Phi) is 2.74. The molecule has 1 saturated heterocycles. The third-order valence-corrected chi connectivity index (χ3v) is 3.68. The molecule has 0 bridgehead atoms. The van der Waals surface area contributed by atoms with Crippen molar-refractivity contribution in [2.45, 2.75) is 13.3 Å². The molecule has 0 aliphatic carbocycles. The molecule has 0 unspecified atom stereocenters. The SMILES string of the molecule is Cc1cc2c(ccn2S)cc1N1CCC(=O)NC1=O. The van der Waals surface area contributed by atoms with Gasteiger partial charge in [-0.25, -0.2) is 4.79 Å². The van der Waals surface area contributed by atoms with E-state index in [1.54, 1.807) is 8.87 Å². The Morgan fingerprint density at radius 1 is 1.32 bits per heavy atom. The van der Waals surface area contributed by atoms with Gasteiger partial charge in [-0.15, -0.1) is 0 Å². The van der Waals surface area contributed by atoms with E-state index in [2.05, 4.69) is 18.1 Å². The third-order valence-electron chi connectivity index (χ3n) is 3.33. The number of carbonyl (C=O) groups is 2. The van der Waals surface area contributed by atoms with Crippen LogP contribution in [-0.2, 0) is 4.79 Å². The Bertz CT molecular complexity index is 692. The summed E-state index contributed by atoms with van der Waals surface area (Å²) >= 11 is 4.32. The van der Waals surface area contributed by atoms with Gasteiger partial charge in [-0.3, -0.25) is 19.0 Å². The monoisotopic (exact) mass is 275 g/mol. The molecule has 3 amide bonds. The van der Waals surface area contributed by atoms with Gasteiger partial charge in [0.15, 0.2) is 0 Å². The van der Waals surface area contributed by atoms with E-state index < -0.39 is 0 Å². The lowest BCUT2D eigenvalue weighted by Crippen LogP contribution is -2.49. The van der Waals surface area contributed by atoms with Gasteiger partial charge in [0.05, 0.1) is 5.52 Å². The molecule has 0 atom stereocenters. The van der Waals surface area contributed by atoms with Crippen molar-refractivity contribution in [1.29, 1.82) is 0 Å². The first kappa shape index (κ1) is 12.1. The summed E-state index contributed by atoms with van der Waals surface area (Å²) in [6.07, 6.45) is 2.19. The Labute approximate surface area is 115 Å². The lowest BCUT2D eigenvalue weighted by atomic mass is 10.1. The summed E-state index contributed by atoms with van der Waals surface area (Å²) in [4.78, 5) is 24.7. The maximum Gasteiger partial charge on any atom is 0.328 e. The van der Waals surface area contributed by atoms with Crippen molar-refractivity contribution < 1.29 is 9.59 Å². The number of hydrogen-bond donors (Lipinski definition) is 2. The standard InChI is InChI=1S/C13H13N3O2S/c1-8-6-11-9(2-5-16(11)19)7-10(8)15-4-3-12(17)14-13(15)18/h2,5-7,19H,3-4H2,1H3,(H,14,17,18). The number of rotatable bonds is 1. The van der Waals surface area contributed by atoms with Crippen LogP contribution in [0.3, 0.4) is 0 Å². The number of nitrogens with zero attached hydrogens (tertiary/aromatic N) is 2. The highest BCUT2D eigenvalue weighted by Gasteiger charge is 2.25. The average Bonchev–Trinajstić information content (AvgIpc) is 2.70. The van der Waals surface area contributed by atoms with E-state index in [1.165, 1.54) is 0 Å². The Morgan fingerprint density at radius 2 is 2.11 bits per heavy atom. The lowest BCUT2D eigenvalue weighted by Gasteiger charge is -2.28. The minimum atomic E-state index is -0.357. The number of hydrogen-bond acceptors (Lipinski definition) is 3. The van der Waals surface area contributed by atoms with E-state index in [0.717, 1.165) is 22.2 Å². The van der Waals surface area contributed by atoms with Crippen LogP contribution in [0.4, 0.5) is 10.5 Å². The van der Waals surface area contributed by atoms with Crippen molar-refractivity contribution >= 4 is 41.3 Å². The predicted octanol–water partition coefficient (Wildman–Crippen LogP) is 2.09. The topological polar surface area (TPSA) is 54.3 Å². The summed E-state index contributed by atoms with van der Waals surface area (Å²) in [6, 6.07) is 5.52. The van der Waals surface area contributed by atoms with Gasteiger partial charge in [0, 0.05) is 30.2 Å². The summed E-state index contributed by atoms with van der Waals surface area (Å²) in [5.74, 6) is -0.221. The molecular weight excluding hydrogens is 262 g/mol. The summed E-state index contributed by atoms with van der Waals surface area (Å²) in [5, 5.41) is 3.35. The quantitative estimate of drug-likeness (QED) is 0.783. The maximum atomic E-state index is 11.9. The molecule has 1 aliphatic heterocycles.